The molecule has 23 heavy (non-hydrogen) atoms. The fourth-order valence-electron chi connectivity index (χ4n) is 4.61. The Bertz CT molecular complexity index is 770. The molecule has 2 atom stereocenters. The van der Waals surface area contributed by atoms with Gasteiger partial charge in [-0.15, -0.1) is 0 Å². The predicted molar refractivity (Wildman–Crippen MR) is 99.4 cm³/mol. The number of rotatable bonds is 1. The molecule has 1 heterocycles. The van der Waals surface area contributed by atoms with Crippen LogP contribution in [-0.4, -0.2) is 5.54 Å². The third kappa shape index (κ3) is 2.21. The number of halogens is 2. The molecule has 1 aliphatic carbocycles. The Hall–Kier alpha value is -1.18. The van der Waals surface area contributed by atoms with Crippen LogP contribution in [0.3, 0.4) is 0 Å². The Morgan fingerprint density at radius 2 is 1.87 bits per heavy atom. The van der Waals surface area contributed by atoms with Gasteiger partial charge in [0.2, 0.25) is 0 Å². The van der Waals surface area contributed by atoms with Crippen molar-refractivity contribution in [3.63, 3.8) is 0 Å². The number of anilines is 2. The van der Waals surface area contributed by atoms with E-state index in [0.717, 1.165) is 11.3 Å². The molecular weight excluding hydrogens is 325 g/mol. The highest BCUT2D eigenvalue weighted by Gasteiger charge is 2.50. The van der Waals surface area contributed by atoms with Crippen molar-refractivity contribution in [2.24, 2.45) is 0 Å². The molecule has 0 radical (unpaired) electrons. The van der Waals surface area contributed by atoms with Crippen molar-refractivity contribution in [3.05, 3.63) is 57.6 Å². The van der Waals surface area contributed by atoms with Crippen molar-refractivity contribution in [3.8, 4) is 0 Å². The molecule has 0 spiro atoms. The first-order chi connectivity index (χ1) is 11.0. The smallest absolute Gasteiger partial charge is 0.0829 e. The highest BCUT2D eigenvalue weighted by Crippen LogP contribution is 2.58. The zero-order chi connectivity index (χ0) is 16.2. The van der Waals surface area contributed by atoms with Crippen LogP contribution in [0.2, 0.25) is 10.0 Å². The number of benzene rings is 2. The number of aryl methyl sites for hydroxylation is 1. The van der Waals surface area contributed by atoms with Gasteiger partial charge in [-0.25, -0.2) is 0 Å². The van der Waals surface area contributed by atoms with E-state index >= 15 is 0 Å². The molecule has 1 saturated carbocycles. The SMILES string of the molecule is Cc1cc(Cl)c(Cl)c(N2c3ccccc3C3CCCCC32C)c1. The van der Waals surface area contributed by atoms with Gasteiger partial charge in [0.25, 0.3) is 0 Å². The number of para-hydroxylation sites is 1. The zero-order valence-electron chi connectivity index (χ0n) is 13.6. The van der Waals surface area contributed by atoms with E-state index in [1.165, 1.54) is 36.9 Å². The topological polar surface area (TPSA) is 3.24 Å². The highest BCUT2D eigenvalue weighted by atomic mass is 35.5. The average molecular weight is 346 g/mol. The maximum Gasteiger partial charge on any atom is 0.0829 e. The maximum atomic E-state index is 6.63. The van der Waals surface area contributed by atoms with Crippen LogP contribution < -0.4 is 4.90 Å². The van der Waals surface area contributed by atoms with Crippen LogP contribution in [-0.2, 0) is 0 Å². The van der Waals surface area contributed by atoms with Gasteiger partial charge in [-0.3, -0.25) is 0 Å². The lowest BCUT2D eigenvalue weighted by atomic mass is 9.73. The third-order valence-corrected chi connectivity index (χ3v) is 6.43. The molecule has 2 unspecified atom stereocenters. The molecule has 2 aliphatic rings. The van der Waals surface area contributed by atoms with Gasteiger partial charge in [0.15, 0.2) is 0 Å². The predicted octanol–water partition coefficient (Wildman–Crippen LogP) is 6.87. The second kappa shape index (κ2) is 5.43. The second-order valence-corrected chi connectivity index (χ2v) is 7.91. The van der Waals surface area contributed by atoms with Crippen LogP contribution in [0.1, 0.15) is 49.7 Å². The first kappa shape index (κ1) is 15.4. The molecule has 2 aromatic carbocycles. The molecule has 1 fully saturated rings. The van der Waals surface area contributed by atoms with E-state index in [9.17, 15) is 0 Å². The molecule has 2 aromatic rings. The molecule has 1 nitrogen and oxygen atoms in total. The lowest BCUT2D eigenvalue weighted by Crippen LogP contribution is -2.45. The number of hydrogen-bond acceptors (Lipinski definition) is 1. The van der Waals surface area contributed by atoms with Crippen LogP contribution in [0.4, 0.5) is 11.4 Å². The van der Waals surface area contributed by atoms with Crippen molar-refractivity contribution in [2.45, 2.75) is 51.0 Å². The van der Waals surface area contributed by atoms with Crippen molar-refractivity contribution < 1.29 is 0 Å². The fourth-order valence-corrected chi connectivity index (χ4v) is 5.07. The Labute approximate surface area is 148 Å². The molecule has 0 N–H and O–H groups in total. The van der Waals surface area contributed by atoms with Crippen LogP contribution in [0, 0.1) is 6.92 Å². The summed E-state index contributed by atoms with van der Waals surface area (Å²) in [6.07, 6.45) is 5.02. The lowest BCUT2D eigenvalue weighted by molar-refractivity contribution is 0.291. The summed E-state index contributed by atoms with van der Waals surface area (Å²) < 4.78 is 0. The first-order valence-electron chi connectivity index (χ1n) is 8.37. The molecular formula is C20H21Cl2N. The minimum atomic E-state index is 0.0860. The summed E-state index contributed by atoms with van der Waals surface area (Å²) in [5.74, 6) is 0.572. The lowest BCUT2D eigenvalue weighted by Gasteiger charge is -2.44. The van der Waals surface area contributed by atoms with E-state index in [0.29, 0.717) is 16.0 Å². The van der Waals surface area contributed by atoms with Crippen LogP contribution in [0.15, 0.2) is 36.4 Å². The Balaban J connectivity index is 1.97. The molecule has 0 saturated heterocycles. The van der Waals surface area contributed by atoms with Crippen molar-refractivity contribution in [1.29, 1.82) is 0 Å². The van der Waals surface area contributed by atoms with Gasteiger partial charge in [0.05, 0.1) is 15.7 Å². The van der Waals surface area contributed by atoms with Gasteiger partial charge >= 0.3 is 0 Å². The zero-order valence-corrected chi connectivity index (χ0v) is 15.1. The monoisotopic (exact) mass is 345 g/mol. The van der Waals surface area contributed by atoms with E-state index in [4.69, 9.17) is 23.2 Å². The Morgan fingerprint density at radius 1 is 1.09 bits per heavy atom. The van der Waals surface area contributed by atoms with Gasteiger partial charge in [-0.05, 0) is 56.0 Å². The summed E-state index contributed by atoms with van der Waals surface area (Å²) in [4.78, 5) is 2.47. The first-order valence-corrected chi connectivity index (χ1v) is 9.13. The molecule has 0 bridgehead atoms. The summed E-state index contributed by atoms with van der Waals surface area (Å²) in [5, 5.41) is 1.31. The van der Waals surface area contributed by atoms with Crippen molar-refractivity contribution >= 4 is 34.6 Å². The minimum absolute atomic E-state index is 0.0860. The van der Waals surface area contributed by atoms with Gasteiger partial charge in [0, 0.05) is 17.1 Å². The summed E-state index contributed by atoms with van der Waals surface area (Å²) in [6.45, 7) is 4.47. The molecule has 3 heteroatoms. The van der Waals surface area contributed by atoms with Gasteiger partial charge in [-0.1, -0.05) is 54.2 Å². The Kier molecular flexibility index (Phi) is 3.62. The van der Waals surface area contributed by atoms with Crippen molar-refractivity contribution in [1.82, 2.24) is 0 Å². The standard InChI is InChI=1S/C20H21Cl2N/c1-13-11-16(21)19(22)18(12-13)23-17-9-4-3-7-14(17)15-8-5-6-10-20(15,23)2/h3-4,7,9,11-12,15H,5-6,8,10H2,1-2H3. The largest absolute Gasteiger partial charge is 0.333 e. The summed E-state index contributed by atoms with van der Waals surface area (Å²) >= 11 is 13.0. The van der Waals surface area contributed by atoms with Crippen LogP contribution in [0.25, 0.3) is 0 Å². The van der Waals surface area contributed by atoms with E-state index in [1.54, 1.807) is 0 Å². The van der Waals surface area contributed by atoms with Crippen molar-refractivity contribution in [2.75, 3.05) is 4.90 Å². The summed E-state index contributed by atoms with van der Waals surface area (Å²) in [7, 11) is 0. The molecule has 0 amide bonds. The number of nitrogens with zero attached hydrogens (tertiary/aromatic N) is 1. The normalized spacial score (nSPS) is 26.1. The fraction of sp³-hybridized carbons (Fsp3) is 0.400. The summed E-state index contributed by atoms with van der Waals surface area (Å²) in [6, 6.07) is 12.9. The molecule has 0 aromatic heterocycles. The quantitative estimate of drug-likeness (QED) is 0.544. The highest BCUT2D eigenvalue weighted by molar-refractivity contribution is 6.44. The van der Waals surface area contributed by atoms with E-state index < -0.39 is 0 Å². The van der Waals surface area contributed by atoms with E-state index in [-0.39, 0.29) is 5.54 Å². The number of hydrogen-bond donors (Lipinski definition) is 0. The van der Waals surface area contributed by atoms with Gasteiger partial charge in [-0.2, -0.15) is 0 Å². The van der Waals surface area contributed by atoms with Gasteiger partial charge < -0.3 is 4.90 Å². The Morgan fingerprint density at radius 3 is 2.70 bits per heavy atom. The minimum Gasteiger partial charge on any atom is -0.333 e. The number of fused-ring (bicyclic) bond motifs is 3. The molecule has 120 valence electrons. The van der Waals surface area contributed by atoms with Crippen LogP contribution in [0.5, 0.6) is 0 Å². The van der Waals surface area contributed by atoms with Crippen LogP contribution >= 0.6 is 23.2 Å². The average Bonchev–Trinajstić information content (AvgIpc) is 2.79. The summed E-state index contributed by atoms with van der Waals surface area (Å²) in [5.41, 5.74) is 5.04. The van der Waals surface area contributed by atoms with Gasteiger partial charge in [0.1, 0.15) is 0 Å². The van der Waals surface area contributed by atoms with E-state index in [1.807, 2.05) is 6.07 Å². The molecule has 4 rings (SSSR count). The maximum absolute atomic E-state index is 6.63. The molecule has 1 aliphatic heterocycles. The van der Waals surface area contributed by atoms with E-state index in [2.05, 4.69) is 49.1 Å². The third-order valence-electron chi connectivity index (χ3n) is 5.63. The second-order valence-electron chi connectivity index (χ2n) is 7.13.